The molecule has 0 bridgehead atoms. The molecule has 1 aliphatic rings. The van der Waals surface area contributed by atoms with Crippen LogP contribution in [0.15, 0.2) is 18.2 Å². The van der Waals surface area contributed by atoms with Gasteiger partial charge in [-0.1, -0.05) is 29.3 Å². The molecule has 2 atom stereocenters. The average Bonchev–Trinajstić information content (AvgIpc) is 2.88. The van der Waals surface area contributed by atoms with Gasteiger partial charge in [0.1, 0.15) is 0 Å². The molecule has 0 radical (unpaired) electrons. The Morgan fingerprint density at radius 2 is 2.00 bits per heavy atom. The summed E-state index contributed by atoms with van der Waals surface area (Å²) in [5.74, 6) is 0. The third-order valence-electron chi connectivity index (χ3n) is 3.99. The minimum absolute atomic E-state index is 0.128. The molecule has 0 aromatic heterocycles. The normalized spacial score (nSPS) is 21.0. The fourth-order valence-electron chi connectivity index (χ4n) is 2.79. The minimum atomic E-state index is 0.128. The van der Waals surface area contributed by atoms with Crippen LogP contribution in [-0.4, -0.2) is 37.7 Å². The van der Waals surface area contributed by atoms with E-state index in [0.717, 1.165) is 32.6 Å². The first kappa shape index (κ1) is 14.5. The van der Waals surface area contributed by atoms with Gasteiger partial charge in [0.15, 0.2) is 0 Å². The molecule has 3 heteroatoms. The van der Waals surface area contributed by atoms with Crippen molar-refractivity contribution in [2.45, 2.75) is 38.8 Å². The van der Waals surface area contributed by atoms with Crippen LogP contribution < -0.4 is 5.73 Å². The first-order valence-electron chi connectivity index (χ1n) is 7.18. The number of likely N-dealkylation sites (N-methyl/N-ethyl adjacent to an activating group) is 1. The summed E-state index contributed by atoms with van der Waals surface area (Å²) in [7, 11) is 2.17. The fourth-order valence-corrected chi connectivity index (χ4v) is 2.79. The maximum Gasteiger partial charge on any atom is 0.0622 e. The van der Waals surface area contributed by atoms with Gasteiger partial charge in [0.05, 0.1) is 6.61 Å². The zero-order chi connectivity index (χ0) is 13.8. The van der Waals surface area contributed by atoms with E-state index in [-0.39, 0.29) is 6.04 Å². The van der Waals surface area contributed by atoms with Crippen LogP contribution in [0.3, 0.4) is 0 Å². The summed E-state index contributed by atoms with van der Waals surface area (Å²) in [6.45, 7) is 7.06. The van der Waals surface area contributed by atoms with Gasteiger partial charge in [-0.15, -0.1) is 0 Å². The molecule has 19 heavy (non-hydrogen) atoms. The van der Waals surface area contributed by atoms with Crippen LogP contribution in [0.1, 0.15) is 35.6 Å². The highest BCUT2D eigenvalue weighted by molar-refractivity contribution is 5.30. The maximum atomic E-state index is 6.32. The Morgan fingerprint density at radius 1 is 1.32 bits per heavy atom. The van der Waals surface area contributed by atoms with E-state index in [1.54, 1.807) is 0 Å². The van der Waals surface area contributed by atoms with E-state index in [9.17, 15) is 0 Å². The number of rotatable bonds is 5. The van der Waals surface area contributed by atoms with Crippen LogP contribution in [0.25, 0.3) is 0 Å². The van der Waals surface area contributed by atoms with Crippen LogP contribution in [0, 0.1) is 13.8 Å². The van der Waals surface area contributed by atoms with Crippen molar-refractivity contribution in [1.29, 1.82) is 0 Å². The van der Waals surface area contributed by atoms with Gasteiger partial charge in [-0.05, 0) is 39.3 Å². The average molecular weight is 262 g/mol. The number of hydrogen-bond acceptors (Lipinski definition) is 3. The van der Waals surface area contributed by atoms with Gasteiger partial charge in [-0.3, -0.25) is 0 Å². The van der Waals surface area contributed by atoms with E-state index in [4.69, 9.17) is 10.5 Å². The summed E-state index contributed by atoms with van der Waals surface area (Å²) in [4.78, 5) is 2.38. The predicted octanol–water partition coefficient (Wildman–Crippen LogP) is 2.41. The summed E-state index contributed by atoms with van der Waals surface area (Å²) in [6, 6.07) is 7.31. The van der Waals surface area contributed by atoms with Crippen molar-refractivity contribution in [2.24, 2.45) is 5.73 Å². The molecular formula is C16H26N2O. The Labute approximate surface area is 116 Å². The zero-order valence-electron chi connectivity index (χ0n) is 12.4. The molecule has 1 aromatic carbocycles. The molecule has 106 valence electrons. The Morgan fingerprint density at radius 3 is 2.58 bits per heavy atom. The lowest BCUT2D eigenvalue weighted by Gasteiger charge is -2.24. The molecule has 0 amide bonds. The van der Waals surface area contributed by atoms with Crippen molar-refractivity contribution >= 4 is 0 Å². The SMILES string of the molecule is Cc1cc(C)cc(C(N)CCN(C)C2CCOC2)c1. The van der Waals surface area contributed by atoms with Crippen LogP contribution in [-0.2, 0) is 4.74 Å². The molecular weight excluding hydrogens is 236 g/mol. The standard InChI is InChI=1S/C16H26N2O/c1-12-8-13(2)10-14(9-12)16(17)4-6-18(3)15-5-7-19-11-15/h8-10,15-16H,4-7,11,17H2,1-3H3. The van der Waals surface area contributed by atoms with Crippen molar-refractivity contribution in [2.75, 3.05) is 26.8 Å². The van der Waals surface area contributed by atoms with Crippen molar-refractivity contribution in [3.8, 4) is 0 Å². The second-order valence-corrected chi connectivity index (χ2v) is 5.81. The number of nitrogens with two attached hydrogens (primary N) is 1. The van der Waals surface area contributed by atoms with E-state index in [2.05, 4.69) is 44.0 Å². The second kappa shape index (κ2) is 6.51. The minimum Gasteiger partial charge on any atom is -0.380 e. The number of ether oxygens (including phenoxy) is 1. The lowest BCUT2D eigenvalue weighted by molar-refractivity contribution is 0.157. The van der Waals surface area contributed by atoms with Crippen LogP contribution in [0.4, 0.5) is 0 Å². The Balaban J connectivity index is 1.87. The molecule has 0 aliphatic carbocycles. The van der Waals surface area contributed by atoms with Gasteiger partial charge in [0, 0.05) is 25.2 Å². The number of nitrogens with zero attached hydrogens (tertiary/aromatic N) is 1. The van der Waals surface area contributed by atoms with E-state index < -0.39 is 0 Å². The quantitative estimate of drug-likeness (QED) is 0.885. The second-order valence-electron chi connectivity index (χ2n) is 5.81. The lowest BCUT2D eigenvalue weighted by Crippen LogP contribution is -2.34. The molecule has 2 N–H and O–H groups in total. The number of benzene rings is 1. The molecule has 1 heterocycles. The molecule has 0 saturated carbocycles. The maximum absolute atomic E-state index is 6.32. The summed E-state index contributed by atoms with van der Waals surface area (Å²) in [5.41, 5.74) is 10.2. The molecule has 1 fully saturated rings. The van der Waals surface area contributed by atoms with Gasteiger partial charge in [-0.25, -0.2) is 0 Å². The van der Waals surface area contributed by atoms with Crippen molar-refractivity contribution in [1.82, 2.24) is 4.90 Å². The van der Waals surface area contributed by atoms with E-state index in [1.807, 2.05) is 0 Å². The fraction of sp³-hybridized carbons (Fsp3) is 0.625. The van der Waals surface area contributed by atoms with Crippen LogP contribution in [0.2, 0.25) is 0 Å². The summed E-state index contributed by atoms with van der Waals surface area (Å²) in [6.07, 6.45) is 2.14. The summed E-state index contributed by atoms with van der Waals surface area (Å²) >= 11 is 0. The lowest BCUT2D eigenvalue weighted by atomic mass is 9.99. The Bertz CT molecular complexity index is 393. The smallest absolute Gasteiger partial charge is 0.0622 e. The van der Waals surface area contributed by atoms with Gasteiger partial charge in [0.25, 0.3) is 0 Å². The van der Waals surface area contributed by atoms with Crippen LogP contribution >= 0.6 is 0 Å². The van der Waals surface area contributed by atoms with Crippen molar-refractivity contribution < 1.29 is 4.74 Å². The van der Waals surface area contributed by atoms with Crippen LogP contribution in [0.5, 0.6) is 0 Å². The highest BCUT2D eigenvalue weighted by Crippen LogP contribution is 2.19. The molecule has 1 aliphatic heterocycles. The molecule has 1 aromatic rings. The highest BCUT2D eigenvalue weighted by Gasteiger charge is 2.20. The largest absolute Gasteiger partial charge is 0.380 e. The van der Waals surface area contributed by atoms with Gasteiger partial charge in [0.2, 0.25) is 0 Å². The predicted molar refractivity (Wildman–Crippen MR) is 79.3 cm³/mol. The number of aryl methyl sites for hydroxylation is 2. The van der Waals surface area contributed by atoms with Crippen molar-refractivity contribution in [3.05, 3.63) is 34.9 Å². The summed E-state index contributed by atoms with van der Waals surface area (Å²) in [5, 5.41) is 0. The first-order chi connectivity index (χ1) is 9.06. The Hall–Kier alpha value is -0.900. The molecule has 2 unspecified atom stereocenters. The molecule has 1 saturated heterocycles. The van der Waals surface area contributed by atoms with Gasteiger partial charge in [-0.2, -0.15) is 0 Å². The third kappa shape index (κ3) is 4.03. The van der Waals surface area contributed by atoms with E-state index in [0.29, 0.717) is 6.04 Å². The monoisotopic (exact) mass is 262 g/mol. The van der Waals surface area contributed by atoms with Gasteiger partial charge >= 0.3 is 0 Å². The topological polar surface area (TPSA) is 38.5 Å². The Kier molecular flexibility index (Phi) is 4.97. The molecule has 3 nitrogen and oxygen atoms in total. The zero-order valence-corrected chi connectivity index (χ0v) is 12.4. The van der Waals surface area contributed by atoms with E-state index in [1.165, 1.54) is 16.7 Å². The highest BCUT2D eigenvalue weighted by atomic mass is 16.5. The molecule has 0 spiro atoms. The molecule has 2 rings (SSSR count). The number of hydrogen-bond donors (Lipinski definition) is 1. The van der Waals surface area contributed by atoms with Gasteiger partial charge < -0.3 is 15.4 Å². The van der Waals surface area contributed by atoms with E-state index >= 15 is 0 Å². The summed E-state index contributed by atoms with van der Waals surface area (Å²) < 4.78 is 5.43. The first-order valence-corrected chi connectivity index (χ1v) is 7.18. The van der Waals surface area contributed by atoms with Crippen molar-refractivity contribution in [3.63, 3.8) is 0 Å². The third-order valence-corrected chi connectivity index (χ3v) is 3.99.